The zero-order chi connectivity index (χ0) is 27.0. The average molecular weight is 557 g/mol. The SMILES string of the molecule is CCS(=N)(=O)c1ccc(CNC(=O)c2cc3c(s2)[C@H](C(C)C)N(CC2CCC(C(F)(F)F)CC2)C3)nc1. The number of rotatable bonds is 8. The lowest BCUT2D eigenvalue weighted by atomic mass is 9.81. The van der Waals surface area contributed by atoms with Crippen molar-refractivity contribution in [1.82, 2.24) is 15.2 Å². The largest absolute Gasteiger partial charge is 0.391 e. The highest BCUT2D eigenvalue weighted by molar-refractivity contribution is 7.92. The first-order valence-corrected chi connectivity index (χ1v) is 15.4. The summed E-state index contributed by atoms with van der Waals surface area (Å²) in [6, 6.07) is 5.42. The minimum Gasteiger partial charge on any atom is -0.346 e. The number of hydrogen-bond acceptors (Lipinski definition) is 6. The molecular weight excluding hydrogens is 521 g/mol. The van der Waals surface area contributed by atoms with Gasteiger partial charge in [-0.15, -0.1) is 11.3 Å². The van der Waals surface area contributed by atoms with Crippen molar-refractivity contribution in [2.45, 2.75) is 76.7 Å². The lowest BCUT2D eigenvalue weighted by Gasteiger charge is -2.35. The van der Waals surface area contributed by atoms with Crippen LogP contribution < -0.4 is 5.32 Å². The Morgan fingerprint density at radius 1 is 1.27 bits per heavy atom. The van der Waals surface area contributed by atoms with Crippen molar-refractivity contribution in [1.29, 1.82) is 4.78 Å². The first-order chi connectivity index (χ1) is 17.4. The van der Waals surface area contributed by atoms with E-state index in [0.29, 0.717) is 40.8 Å². The Hall–Kier alpha value is -1.98. The zero-order valence-corrected chi connectivity index (χ0v) is 23.1. The Morgan fingerprint density at radius 3 is 2.54 bits per heavy atom. The number of halogens is 3. The van der Waals surface area contributed by atoms with Crippen LogP contribution in [0.25, 0.3) is 0 Å². The quantitative estimate of drug-likeness (QED) is 0.395. The van der Waals surface area contributed by atoms with Gasteiger partial charge in [0.15, 0.2) is 0 Å². The molecule has 1 saturated carbocycles. The topological polar surface area (TPSA) is 86.2 Å². The van der Waals surface area contributed by atoms with Crippen molar-refractivity contribution in [3.8, 4) is 0 Å². The van der Waals surface area contributed by atoms with Gasteiger partial charge in [0.2, 0.25) is 0 Å². The molecular formula is C26H35F3N4O2S2. The molecule has 1 unspecified atom stereocenters. The van der Waals surface area contributed by atoms with E-state index in [1.54, 1.807) is 19.1 Å². The number of thiophene rings is 1. The summed E-state index contributed by atoms with van der Waals surface area (Å²) in [6.45, 7) is 7.74. The fraction of sp³-hybridized carbons (Fsp3) is 0.615. The van der Waals surface area contributed by atoms with E-state index in [1.165, 1.54) is 22.4 Å². The zero-order valence-electron chi connectivity index (χ0n) is 21.4. The van der Waals surface area contributed by atoms with Crippen molar-refractivity contribution in [3.05, 3.63) is 45.4 Å². The lowest BCUT2D eigenvalue weighted by Crippen LogP contribution is -2.35. The molecule has 2 aromatic heterocycles. The monoisotopic (exact) mass is 556 g/mol. The fourth-order valence-electron chi connectivity index (χ4n) is 5.45. The van der Waals surface area contributed by atoms with E-state index in [2.05, 4.69) is 29.0 Å². The summed E-state index contributed by atoms with van der Waals surface area (Å²) >= 11 is 1.49. The number of amides is 1. The number of fused-ring (bicyclic) bond motifs is 1. The van der Waals surface area contributed by atoms with Gasteiger partial charge in [-0.25, -0.2) is 8.99 Å². The average Bonchev–Trinajstić information content (AvgIpc) is 3.40. The van der Waals surface area contributed by atoms with Gasteiger partial charge in [-0.1, -0.05) is 20.8 Å². The van der Waals surface area contributed by atoms with Crippen LogP contribution in [0.5, 0.6) is 0 Å². The molecule has 1 fully saturated rings. The van der Waals surface area contributed by atoms with E-state index in [1.807, 2.05) is 6.07 Å². The Kier molecular flexibility index (Phi) is 8.35. The number of hydrogen-bond donors (Lipinski definition) is 2. The fourth-order valence-corrected chi connectivity index (χ4v) is 7.70. The first kappa shape index (κ1) is 28.0. The molecule has 2 atom stereocenters. The van der Waals surface area contributed by atoms with Crippen molar-refractivity contribution in [2.24, 2.45) is 17.8 Å². The number of alkyl halides is 3. The molecule has 1 aliphatic heterocycles. The van der Waals surface area contributed by atoms with Crippen LogP contribution in [0, 0.1) is 22.5 Å². The minimum absolute atomic E-state index is 0.161. The summed E-state index contributed by atoms with van der Waals surface area (Å²) in [5.74, 6) is -0.518. The van der Waals surface area contributed by atoms with Gasteiger partial charge < -0.3 is 5.32 Å². The number of pyridine rings is 1. The smallest absolute Gasteiger partial charge is 0.346 e. The maximum absolute atomic E-state index is 13.0. The van der Waals surface area contributed by atoms with Crippen LogP contribution in [0.2, 0.25) is 0 Å². The van der Waals surface area contributed by atoms with Crippen molar-refractivity contribution in [2.75, 3.05) is 12.3 Å². The maximum Gasteiger partial charge on any atom is 0.391 e. The van der Waals surface area contributed by atoms with Crippen molar-refractivity contribution in [3.63, 3.8) is 0 Å². The summed E-state index contributed by atoms with van der Waals surface area (Å²) < 4.78 is 59.1. The van der Waals surface area contributed by atoms with Crippen LogP contribution in [-0.4, -0.2) is 38.5 Å². The van der Waals surface area contributed by atoms with Crippen LogP contribution in [0.4, 0.5) is 13.2 Å². The minimum atomic E-state index is -4.08. The molecule has 3 heterocycles. The van der Waals surface area contributed by atoms with Gasteiger partial charge in [-0.3, -0.25) is 14.7 Å². The molecule has 4 rings (SSSR count). The highest BCUT2D eigenvalue weighted by Gasteiger charge is 2.42. The predicted octanol–water partition coefficient (Wildman–Crippen LogP) is 6.38. The first-order valence-electron chi connectivity index (χ1n) is 12.8. The highest BCUT2D eigenvalue weighted by Crippen LogP contribution is 2.46. The molecule has 1 aliphatic carbocycles. The lowest BCUT2D eigenvalue weighted by molar-refractivity contribution is -0.184. The van der Waals surface area contributed by atoms with E-state index in [4.69, 9.17) is 4.78 Å². The second-order valence-electron chi connectivity index (χ2n) is 10.5. The molecule has 11 heteroatoms. The molecule has 0 saturated heterocycles. The molecule has 0 bridgehead atoms. The molecule has 37 heavy (non-hydrogen) atoms. The number of aromatic nitrogens is 1. The summed E-state index contributed by atoms with van der Waals surface area (Å²) in [5, 5.41) is 2.90. The third-order valence-electron chi connectivity index (χ3n) is 7.55. The standard InChI is InChI=1S/C26H35F3N4O2S2/c1-4-37(30,35)21-10-9-20(31-13-21)12-32-25(34)22-11-18-15-33(23(16(2)3)24(18)36-22)14-17-5-7-19(8-6-17)26(27,28)29/h9-11,13,16-17,19,23,30H,4-8,12,14-15H2,1-3H3,(H,32,34)/t17?,19?,23-,37?/m0/s1. The molecule has 2 N–H and O–H groups in total. The number of carbonyl (C=O) groups excluding carboxylic acids is 1. The molecule has 2 aliphatic rings. The van der Waals surface area contributed by atoms with Crippen molar-refractivity contribution >= 4 is 27.0 Å². The molecule has 2 aromatic rings. The molecule has 204 valence electrons. The van der Waals surface area contributed by atoms with Crippen LogP contribution in [-0.2, 0) is 22.8 Å². The van der Waals surface area contributed by atoms with E-state index in [-0.39, 0.29) is 43.0 Å². The molecule has 1 amide bonds. The maximum atomic E-state index is 13.0. The number of nitrogens with one attached hydrogen (secondary N) is 2. The van der Waals surface area contributed by atoms with Gasteiger partial charge in [0.25, 0.3) is 5.91 Å². The molecule has 6 nitrogen and oxygen atoms in total. The third-order valence-corrected chi connectivity index (χ3v) is 10.6. The van der Waals surface area contributed by atoms with Crippen LogP contribution >= 0.6 is 11.3 Å². The molecule has 0 spiro atoms. The summed E-state index contributed by atoms with van der Waals surface area (Å²) in [6.07, 6.45) is -0.979. The number of nitrogens with zero attached hydrogens (tertiary/aromatic N) is 2. The summed E-state index contributed by atoms with van der Waals surface area (Å²) in [7, 11) is -2.82. The summed E-state index contributed by atoms with van der Waals surface area (Å²) in [4.78, 5) is 21.7. The predicted molar refractivity (Wildman–Crippen MR) is 139 cm³/mol. The van der Waals surface area contributed by atoms with E-state index in [0.717, 1.165) is 12.1 Å². The molecule has 0 aromatic carbocycles. The van der Waals surface area contributed by atoms with Crippen LogP contribution in [0.1, 0.15) is 78.3 Å². The van der Waals surface area contributed by atoms with Gasteiger partial charge in [0.1, 0.15) is 0 Å². The van der Waals surface area contributed by atoms with Gasteiger partial charge in [0, 0.05) is 36.0 Å². The van der Waals surface area contributed by atoms with Gasteiger partial charge in [-0.2, -0.15) is 13.2 Å². The van der Waals surface area contributed by atoms with Gasteiger partial charge in [-0.05, 0) is 61.3 Å². The Labute approximate surface area is 221 Å². The second-order valence-corrected chi connectivity index (χ2v) is 14.0. The number of carbonyl (C=O) groups is 1. The normalized spacial score (nSPS) is 24.1. The van der Waals surface area contributed by atoms with Crippen LogP contribution in [0.3, 0.4) is 0 Å². The Bertz CT molecular complexity index is 1200. The second kappa shape index (κ2) is 11.0. The van der Waals surface area contributed by atoms with E-state index in [9.17, 15) is 22.2 Å². The van der Waals surface area contributed by atoms with Crippen LogP contribution in [0.15, 0.2) is 29.3 Å². The Balaban J connectivity index is 1.36. The highest BCUT2D eigenvalue weighted by atomic mass is 32.2. The van der Waals surface area contributed by atoms with E-state index < -0.39 is 21.8 Å². The summed E-state index contributed by atoms with van der Waals surface area (Å²) in [5.41, 5.74) is 1.75. The molecule has 0 radical (unpaired) electrons. The van der Waals surface area contributed by atoms with Gasteiger partial charge in [0.05, 0.1) is 37.7 Å². The third kappa shape index (κ3) is 6.37. The van der Waals surface area contributed by atoms with Crippen molar-refractivity contribution < 1.29 is 22.2 Å². The van der Waals surface area contributed by atoms with E-state index >= 15 is 0 Å². The van der Waals surface area contributed by atoms with Gasteiger partial charge >= 0.3 is 6.18 Å². The Morgan fingerprint density at radius 2 is 1.97 bits per heavy atom.